The van der Waals surface area contributed by atoms with Gasteiger partial charge in [-0.2, -0.15) is 0 Å². The summed E-state index contributed by atoms with van der Waals surface area (Å²) >= 11 is 0. The van der Waals surface area contributed by atoms with Crippen molar-refractivity contribution in [1.82, 2.24) is 5.43 Å². The average molecular weight is 246 g/mol. The Kier molecular flexibility index (Phi) is 4.02. The highest BCUT2D eigenvalue weighted by Crippen LogP contribution is 2.30. The summed E-state index contributed by atoms with van der Waals surface area (Å²) in [7, 11) is 0. The first-order valence-electron chi connectivity index (χ1n) is 6.00. The lowest BCUT2D eigenvalue weighted by Gasteiger charge is -2.17. The minimum atomic E-state index is -0.207. The molecule has 0 spiro atoms. The molecule has 18 heavy (non-hydrogen) atoms. The van der Waals surface area contributed by atoms with Gasteiger partial charge in [0.25, 0.3) is 0 Å². The number of hydrogen-bond acceptors (Lipinski definition) is 4. The molecule has 0 fully saturated rings. The number of hydrogen-bond donors (Lipinski definition) is 2. The fraction of sp³-hybridized carbons (Fsp3) is 0.286. The first kappa shape index (κ1) is 12.7. The maximum atomic E-state index is 5.65. The van der Waals surface area contributed by atoms with E-state index >= 15 is 0 Å². The van der Waals surface area contributed by atoms with Crippen LogP contribution in [-0.4, -0.2) is 6.61 Å². The van der Waals surface area contributed by atoms with Crippen LogP contribution < -0.4 is 16.0 Å². The van der Waals surface area contributed by atoms with Gasteiger partial charge < -0.3 is 9.15 Å². The Morgan fingerprint density at radius 2 is 2.06 bits per heavy atom. The summed E-state index contributed by atoms with van der Waals surface area (Å²) in [6, 6.07) is 11.4. The van der Waals surface area contributed by atoms with E-state index in [9.17, 15) is 0 Å². The van der Waals surface area contributed by atoms with Crippen LogP contribution in [0.25, 0.3) is 0 Å². The summed E-state index contributed by atoms with van der Waals surface area (Å²) < 4.78 is 11.2. The van der Waals surface area contributed by atoms with E-state index in [1.807, 2.05) is 50.2 Å². The Morgan fingerprint density at radius 1 is 1.28 bits per heavy atom. The molecule has 0 radical (unpaired) electrons. The number of ether oxygens (including phenoxy) is 1. The van der Waals surface area contributed by atoms with Crippen molar-refractivity contribution in [1.29, 1.82) is 0 Å². The van der Waals surface area contributed by atoms with Gasteiger partial charge in [0.15, 0.2) is 0 Å². The third-order valence-corrected chi connectivity index (χ3v) is 2.74. The van der Waals surface area contributed by atoms with Crippen molar-refractivity contribution < 1.29 is 9.15 Å². The molecule has 2 rings (SSSR count). The van der Waals surface area contributed by atoms with Gasteiger partial charge >= 0.3 is 0 Å². The Morgan fingerprint density at radius 3 is 2.67 bits per heavy atom. The van der Waals surface area contributed by atoms with Gasteiger partial charge in [-0.3, -0.25) is 5.84 Å². The first-order chi connectivity index (χ1) is 8.76. The Labute approximate surface area is 107 Å². The zero-order chi connectivity index (χ0) is 13.0. The van der Waals surface area contributed by atoms with E-state index < -0.39 is 0 Å². The summed E-state index contributed by atoms with van der Waals surface area (Å²) in [5.74, 6) is 8.10. The number of nitrogens with two attached hydrogens (primary N) is 1. The van der Waals surface area contributed by atoms with Gasteiger partial charge in [0.1, 0.15) is 23.3 Å². The van der Waals surface area contributed by atoms with Crippen LogP contribution in [0, 0.1) is 6.92 Å². The Bertz CT molecular complexity index is 508. The third kappa shape index (κ3) is 2.55. The quantitative estimate of drug-likeness (QED) is 0.628. The van der Waals surface area contributed by atoms with Crippen LogP contribution in [0.3, 0.4) is 0 Å². The fourth-order valence-electron chi connectivity index (χ4n) is 1.94. The van der Waals surface area contributed by atoms with Gasteiger partial charge in [-0.25, -0.2) is 5.43 Å². The Balaban J connectivity index is 2.38. The summed E-state index contributed by atoms with van der Waals surface area (Å²) in [5.41, 5.74) is 3.74. The van der Waals surface area contributed by atoms with Crippen molar-refractivity contribution in [3.63, 3.8) is 0 Å². The van der Waals surface area contributed by atoms with E-state index in [0.29, 0.717) is 6.61 Å². The second-order valence-corrected chi connectivity index (χ2v) is 4.02. The fourth-order valence-corrected chi connectivity index (χ4v) is 1.94. The van der Waals surface area contributed by atoms with Crippen molar-refractivity contribution in [2.45, 2.75) is 19.9 Å². The second kappa shape index (κ2) is 5.71. The predicted molar refractivity (Wildman–Crippen MR) is 70.2 cm³/mol. The molecule has 4 nitrogen and oxygen atoms in total. The molecule has 0 amide bonds. The third-order valence-electron chi connectivity index (χ3n) is 2.74. The summed E-state index contributed by atoms with van der Waals surface area (Å²) in [4.78, 5) is 0. The van der Waals surface area contributed by atoms with Gasteiger partial charge in [-0.05, 0) is 32.0 Å². The van der Waals surface area contributed by atoms with Crippen LogP contribution in [0.5, 0.6) is 5.75 Å². The second-order valence-electron chi connectivity index (χ2n) is 4.02. The van der Waals surface area contributed by atoms with Crippen LogP contribution in [-0.2, 0) is 0 Å². The van der Waals surface area contributed by atoms with Crippen LogP contribution in [0.1, 0.15) is 30.0 Å². The molecule has 2 aromatic rings. The molecule has 1 heterocycles. The van der Waals surface area contributed by atoms with Crippen molar-refractivity contribution in [3.05, 3.63) is 53.5 Å². The van der Waals surface area contributed by atoms with Crippen molar-refractivity contribution in [3.8, 4) is 5.75 Å². The van der Waals surface area contributed by atoms with Crippen molar-refractivity contribution in [2.75, 3.05) is 6.61 Å². The van der Waals surface area contributed by atoms with Gasteiger partial charge in [0.2, 0.25) is 0 Å². The molecule has 1 aromatic carbocycles. The molecular formula is C14H18N2O2. The minimum Gasteiger partial charge on any atom is -0.494 e. The smallest absolute Gasteiger partial charge is 0.127 e. The number of hydrazine groups is 1. The normalized spacial score (nSPS) is 12.4. The lowest BCUT2D eigenvalue weighted by Crippen LogP contribution is -2.28. The molecule has 0 aliphatic rings. The average Bonchev–Trinajstić information content (AvgIpc) is 2.79. The van der Waals surface area contributed by atoms with Crippen LogP contribution in [0.2, 0.25) is 0 Å². The standard InChI is InChI=1S/C14H18N2O2/c1-3-17-12-7-5-4-6-11(12)14(16-15)13-9-8-10(2)18-13/h4-9,14,16H,3,15H2,1-2H3. The number of rotatable bonds is 5. The molecule has 0 aliphatic heterocycles. The molecule has 3 N–H and O–H groups in total. The summed E-state index contributed by atoms with van der Waals surface area (Å²) in [6.45, 7) is 4.48. The number of nitrogens with one attached hydrogen (secondary N) is 1. The van der Waals surface area contributed by atoms with E-state index in [4.69, 9.17) is 15.0 Å². The number of para-hydroxylation sites is 1. The topological polar surface area (TPSA) is 60.4 Å². The van der Waals surface area contributed by atoms with Gasteiger partial charge in [0, 0.05) is 5.56 Å². The van der Waals surface area contributed by atoms with E-state index in [2.05, 4.69) is 5.43 Å². The molecule has 1 unspecified atom stereocenters. The summed E-state index contributed by atoms with van der Waals surface area (Å²) in [6.07, 6.45) is 0. The minimum absolute atomic E-state index is 0.207. The number of aryl methyl sites for hydroxylation is 1. The molecule has 1 aromatic heterocycles. The van der Waals surface area contributed by atoms with Crippen molar-refractivity contribution in [2.24, 2.45) is 5.84 Å². The van der Waals surface area contributed by atoms with Gasteiger partial charge in [-0.1, -0.05) is 18.2 Å². The molecule has 96 valence electrons. The highest BCUT2D eigenvalue weighted by molar-refractivity contribution is 5.39. The van der Waals surface area contributed by atoms with E-state index in [1.54, 1.807) is 0 Å². The van der Waals surface area contributed by atoms with E-state index in [1.165, 1.54) is 0 Å². The zero-order valence-corrected chi connectivity index (χ0v) is 10.6. The first-order valence-corrected chi connectivity index (χ1v) is 6.00. The summed E-state index contributed by atoms with van der Waals surface area (Å²) in [5, 5.41) is 0. The highest BCUT2D eigenvalue weighted by atomic mass is 16.5. The molecule has 1 atom stereocenters. The zero-order valence-electron chi connectivity index (χ0n) is 10.6. The largest absolute Gasteiger partial charge is 0.494 e. The van der Waals surface area contributed by atoms with Crippen molar-refractivity contribution >= 4 is 0 Å². The monoisotopic (exact) mass is 246 g/mol. The SMILES string of the molecule is CCOc1ccccc1C(NN)c1ccc(C)o1. The van der Waals surface area contributed by atoms with E-state index in [-0.39, 0.29) is 6.04 Å². The maximum absolute atomic E-state index is 5.65. The molecule has 0 saturated carbocycles. The van der Waals surface area contributed by atoms with Crippen LogP contribution in [0.4, 0.5) is 0 Å². The van der Waals surface area contributed by atoms with Gasteiger partial charge in [-0.15, -0.1) is 0 Å². The number of furan rings is 1. The van der Waals surface area contributed by atoms with Crippen LogP contribution >= 0.6 is 0 Å². The highest BCUT2D eigenvalue weighted by Gasteiger charge is 2.19. The molecular weight excluding hydrogens is 228 g/mol. The number of benzene rings is 1. The molecule has 0 aliphatic carbocycles. The van der Waals surface area contributed by atoms with E-state index in [0.717, 1.165) is 22.8 Å². The predicted octanol–water partition coefficient (Wildman–Crippen LogP) is 2.54. The molecule has 4 heteroatoms. The lowest BCUT2D eigenvalue weighted by molar-refractivity contribution is 0.330. The molecule has 0 saturated heterocycles. The maximum Gasteiger partial charge on any atom is 0.127 e. The van der Waals surface area contributed by atoms with Crippen LogP contribution in [0.15, 0.2) is 40.8 Å². The van der Waals surface area contributed by atoms with Gasteiger partial charge in [0.05, 0.1) is 6.61 Å². The lowest BCUT2D eigenvalue weighted by atomic mass is 10.0. The molecule has 0 bridgehead atoms. The Hall–Kier alpha value is -1.78.